The second kappa shape index (κ2) is 9.12. The number of ether oxygens (including phenoxy) is 3. The highest BCUT2D eigenvalue weighted by Gasteiger charge is 2.11. The molecule has 1 saturated heterocycles. The van der Waals surface area contributed by atoms with Gasteiger partial charge in [0.25, 0.3) is 11.9 Å². The maximum atomic E-state index is 12.1. The van der Waals surface area contributed by atoms with Gasteiger partial charge in [0.05, 0.1) is 34.0 Å². The summed E-state index contributed by atoms with van der Waals surface area (Å²) in [5.41, 5.74) is 0.517. The summed E-state index contributed by atoms with van der Waals surface area (Å²) in [5.74, 6) is 0.437. The summed E-state index contributed by atoms with van der Waals surface area (Å²) in [4.78, 5) is 18.7. The van der Waals surface area contributed by atoms with Crippen LogP contribution in [0.25, 0.3) is 0 Å². The van der Waals surface area contributed by atoms with E-state index in [4.69, 9.17) is 14.2 Å². The fourth-order valence-electron chi connectivity index (χ4n) is 2.18. The Kier molecular flexibility index (Phi) is 6.83. The average molecular weight is 321 g/mol. The van der Waals surface area contributed by atoms with E-state index >= 15 is 0 Å². The first-order chi connectivity index (χ1) is 11.2. The average Bonchev–Trinajstić information content (AvgIpc) is 2.61. The van der Waals surface area contributed by atoms with Gasteiger partial charge in [0.15, 0.2) is 0 Å². The molecule has 1 aliphatic heterocycles. The van der Waals surface area contributed by atoms with Crippen molar-refractivity contribution in [3.05, 3.63) is 29.8 Å². The second-order valence-electron chi connectivity index (χ2n) is 5.03. The Bertz CT molecular complexity index is 525. The van der Waals surface area contributed by atoms with Crippen molar-refractivity contribution in [1.29, 1.82) is 0 Å². The summed E-state index contributed by atoms with van der Waals surface area (Å²) < 4.78 is 15.5. The van der Waals surface area contributed by atoms with Crippen molar-refractivity contribution in [2.75, 3.05) is 53.6 Å². The Hall–Kier alpha value is -2.12. The molecule has 23 heavy (non-hydrogen) atoms. The van der Waals surface area contributed by atoms with E-state index in [1.807, 2.05) is 0 Å². The largest absolute Gasteiger partial charge is 0.497 e. The molecule has 1 aromatic carbocycles. The molecule has 1 aliphatic rings. The van der Waals surface area contributed by atoms with Gasteiger partial charge in [-0.25, -0.2) is 4.99 Å². The lowest BCUT2D eigenvalue weighted by Crippen LogP contribution is -2.38. The number of methoxy groups -OCH3 is 2. The van der Waals surface area contributed by atoms with Crippen molar-refractivity contribution in [1.82, 2.24) is 10.2 Å². The summed E-state index contributed by atoms with van der Waals surface area (Å²) in [6.45, 7) is 4.72. The Morgan fingerprint density at radius 1 is 1.26 bits per heavy atom. The summed E-state index contributed by atoms with van der Waals surface area (Å²) in [5, 5.41) is 2.66. The normalized spacial score (nSPS) is 16.0. The summed E-state index contributed by atoms with van der Waals surface area (Å²) in [7, 11) is 3.07. The molecule has 0 aliphatic carbocycles. The molecule has 0 spiro atoms. The van der Waals surface area contributed by atoms with Crippen LogP contribution in [-0.2, 0) is 9.47 Å². The number of nitrogens with one attached hydrogen (secondary N) is 1. The first kappa shape index (κ1) is 17.2. The van der Waals surface area contributed by atoms with Crippen molar-refractivity contribution in [2.45, 2.75) is 0 Å². The molecule has 1 amide bonds. The maximum Gasteiger partial charge on any atom is 0.291 e. The maximum absolute atomic E-state index is 12.1. The van der Waals surface area contributed by atoms with Crippen molar-refractivity contribution >= 4 is 11.9 Å². The Balaban J connectivity index is 1.84. The number of benzene rings is 1. The van der Waals surface area contributed by atoms with Gasteiger partial charge < -0.3 is 14.2 Å². The van der Waals surface area contributed by atoms with Crippen LogP contribution in [0.1, 0.15) is 10.4 Å². The monoisotopic (exact) mass is 321 g/mol. The third kappa shape index (κ3) is 5.54. The first-order valence-electron chi connectivity index (χ1n) is 7.57. The highest BCUT2D eigenvalue weighted by molar-refractivity contribution is 6.04. The molecule has 0 aromatic heterocycles. The van der Waals surface area contributed by atoms with Crippen molar-refractivity contribution < 1.29 is 19.0 Å². The predicted molar refractivity (Wildman–Crippen MR) is 87.0 cm³/mol. The van der Waals surface area contributed by atoms with E-state index in [9.17, 15) is 4.79 Å². The van der Waals surface area contributed by atoms with Crippen LogP contribution in [0, 0.1) is 0 Å². The van der Waals surface area contributed by atoms with E-state index in [0.717, 1.165) is 32.8 Å². The molecule has 1 aromatic rings. The molecule has 0 atom stereocenters. The predicted octanol–water partition coefficient (Wildman–Crippen LogP) is 0.760. The van der Waals surface area contributed by atoms with Gasteiger partial charge in [0.1, 0.15) is 5.75 Å². The molecular weight excluding hydrogens is 298 g/mol. The number of carbonyl (C=O) groups is 1. The molecule has 0 saturated carbocycles. The van der Waals surface area contributed by atoms with Gasteiger partial charge in [-0.3, -0.25) is 15.0 Å². The Morgan fingerprint density at radius 3 is 2.57 bits per heavy atom. The molecular formula is C16H23N3O4. The molecule has 126 valence electrons. The summed E-state index contributed by atoms with van der Waals surface area (Å²) in [6.07, 6.45) is 0. The molecule has 0 radical (unpaired) electrons. The topological polar surface area (TPSA) is 72.4 Å². The van der Waals surface area contributed by atoms with Crippen molar-refractivity contribution in [3.63, 3.8) is 0 Å². The SMILES string of the molecule is COC(=NCCN1CCOCC1)NC(=O)c1ccc(OC)cc1. The van der Waals surface area contributed by atoms with Crippen molar-refractivity contribution in [2.24, 2.45) is 4.99 Å². The van der Waals surface area contributed by atoms with E-state index in [2.05, 4.69) is 15.2 Å². The summed E-state index contributed by atoms with van der Waals surface area (Å²) >= 11 is 0. The zero-order valence-corrected chi connectivity index (χ0v) is 13.6. The van der Waals surface area contributed by atoms with E-state index in [-0.39, 0.29) is 11.9 Å². The second-order valence-corrected chi connectivity index (χ2v) is 5.03. The van der Waals surface area contributed by atoms with Gasteiger partial charge >= 0.3 is 0 Å². The number of aliphatic imine (C=N–C) groups is 1. The highest BCUT2D eigenvalue weighted by atomic mass is 16.5. The van der Waals surface area contributed by atoms with Gasteiger partial charge in [-0.05, 0) is 24.3 Å². The molecule has 0 bridgehead atoms. The number of morpholine rings is 1. The Labute approximate surface area is 136 Å². The number of hydrogen-bond donors (Lipinski definition) is 1. The smallest absolute Gasteiger partial charge is 0.291 e. The lowest BCUT2D eigenvalue weighted by atomic mass is 10.2. The lowest BCUT2D eigenvalue weighted by molar-refractivity contribution is 0.0394. The van der Waals surface area contributed by atoms with E-state index in [1.54, 1.807) is 31.4 Å². The van der Waals surface area contributed by atoms with Crippen LogP contribution in [0.4, 0.5) is 0 Å². The highest BCUT2D eigenvalue weighted by Crippen LogP contribution is 2.11. The number of carbonyl (C=O) groups excluding carboxylic acids is 1. The number of hydrogen-bond acceptors (Lipinski definition) is 6. The number of nitrogens with zero attached hydrogens (tertiary/aromatic N) is 2. The van der Waals surface area contributed by atoms with Crippen LogP contribution in [0.3, 0.4) is 0 Å². The first-order valence-corrected chi connectivity index (χ1v) is 7.57. The molecule has 7 heteroatoms. The molecule has 0 unspecified atom stereocenters. The molecule has 1 heterocycles. The fourth-order valence-corrected chi connectivity index (χ4v) is 2.18. The number of rotatable bonds is 5. The van der Waals surface area contributed by atoms with Crippen LogP contribution in [-0.4, -0.2) is 70.4 Å². The van der Waals surface area contributed by atoms with Crippen LogP contribution in [0.15, 0.2) is 29.3 Å². The lowest BCUT2D eigenvalue weighted by Gasteiger charge is -2.25. The molecule has 2 rings (SSSR count). The van der Waals surface area contributed by atoms with E-state index in [1.165, 1.54) is 7.11 Å². The molecule has 1 N–H and O–H groups in total. The van der Waals surface area contributed by atoms with Gasteiger partial charge in [-0.1, -0.05) is 0 Å². The fraction of sp³-hybridized carbons (Fsp3) is 0.500. The zero-order valence-electron chi connectivity index (χ0n) is 13.6. The van der Waals surface area contributed by atoms with Gasteiger partial charge in [-0.2, -0.15) is 0 Å². The third-order valence-electron chi connectivity index (χ3n) is 3.54. The van der Waals surface area contributed by atoms with Crippen LogP contribution in [0.2, 0.25) is 0 Å². The van der Waals surface area contributed by atoms with Gasteiger partial charge in [0, 0.05) is 25.2 Å². The van der Waals surface area contributed by atoms with Crippen LogP contribution >= 0.6 is 0 Å². The van der Waals surface area contributed by atoms with Crippen LogP contribution in [0.5, 0.6) is 5.75 Å². The van der Waals surface area contributed by atoms with E-state index < -0.39 is 0 Å². The zero-order chi connectivity index (χ0) is 16.5. The minimum Gasteiger partial charge on any atom is -0.497 e. The number of amidine groups is 1. The summed E-state index contributed by atoms with van der Waals surface area (Å²) in [6, 6.07) is 7.07. The van der Waals surface area contributed by atoms with Gasteiger partial charge in [0.2, 0.25) is 0 Å². The minimum atomic E-state index is -0.264. The van der Waals surface area contributed by atoms with Crippen molar-refractivity contribution in [3.8, 4) is 5.75 Å². The third-order valence-corrected chi connectivity index (χ3v) is 3.54. The molecule has 7 nitrogen and oxygen atoms in total. The minimum absolute atomic E-state index is 0.221. The number of amides is 1. The van der Waals surface area contributed by atoms with Crippen LogP contribution < -0.4 is 10.1 Å². The molecule has 1 fully saturated rings. The van der Waals surface area contributed by atoms with Gasteiger partial charge in [-0.15, -0.1) is 0 Å². The Morgan fingerprint density at radius 2 is 1.96 bits per heavy atom. The van der Waals surface area contributed by atoms with E-state index in [0.29, 0.717) is 17.9 Å². The quantitative estimate of drug-likeness (QED) is 0.640. The standard InChI is InChI=1S/C16H23N3O4/c1-21-14-5-3-13(4-6-14)15(20)18-16(22-2)17-7-8-19-9-11-23-12-10-19/h3-6H,7-12H2,1-2H3,(H,17,18,20).